The first-order chi connectivity index (χ1) is 12.1. The van der Waals surface area contributed by atoms with Crippen LogP contribution < -0.4 is 5.32 Å². The molecule has 2 aromatic carbocycles. The van der Waals surface area contributed by atoms with Crippen molar-refractivity contribution in [3.05, 3.63) is 48.0 Å². The Bertz CT molecular complexity index is 748. The molecule has 25 heavy (non-hydrogen) atoms. The molecule has 0 aliphatic carbocycles. The summed E-state index contributed by atoms with van der Waals surface area (Å²) in [6, 6.07) is 14.3. The van der Waals surface area contributed by atoms with Crippen LogP contribution in [0.25, 0.3) is 10.8 Å². The van der Waals surface area contributed by atoms with Crippen molar-refractivity contribution in [3.8, 4) is 0 Å². The van der Waals surface area contributed by atoms with Crippen molar-refractivity contribution in [2.45, 2.75) is 19.3 Å². The van der Waals surface area contributed by atoms with Crippen LogP contribution in [-0.4, -0.2) is 55.0 Å². The lowest BCUT2D eigenvalue weighted by Crippen LogP contribution is -2.44. The van der Waals surface area contributed by atoms with Gasteiger partial charge in [-0.15, -0.1) is 0 Å². The second kappa shape index (κ2) is 8.01. The van der Waals surface area contributed by atoms with Crippen LogP contribution in [0.4, 0.5) is 4.79 Å². The van der Waals surface area contributed by atoms with Gasteiger partial charge in [0.1, 0.15) is 0 Å². The molecular weight excluding hydrogens is 314 g/mol. The Morgan fingerprint density at radius 3 is 2.60 bits per heavy atom. The maximum absolute atomic E-state index is 12.2. The van der Waals surface area contributed by atoms with Gasteiger partial charge in [-0.1, -0.05) is 42.5 Å². The van der Waals surface area contributed by atoms with Crippen molar-refractivity contribution in [1.29, 1.82) is 0 Å². The summed E-state index contributed by atoms with van der Waals surface area (Å²) in [7, 11) is 1.76. The summed E-state index contributed by atoms with van der Waals surface area (Å²) < 4.78 is 0. The number of hydrogen-bond donors (Lipinski definition) is 1. The molecule has 2 aromatic rings. The van der Waals surface area contributed by atoms with Gasteiger partial charge in [0.05, 0.1) is 6.54 Å². The van der Waals surface area contributed by atoms with E-state index in [9.17, 15) is 9.59 Å². The molecule has 0 saturated carbocycles. The second-order valence-electron chi connectivity index (χ2n) is 6.56. The van der Waals surface area contributed by atoms with Crippen molar-refractivity contribution in [3.63, 3.8) is 0 Å². The van der Waals surface area contributed by atoms with Crippen LogP contribution in [0.15, 0.2) is 42.5 Å². The molecule has 1 aliphatic heterocycles. The highest BCUT2D eigenvalue weighted by Gasteiger charge is 2.19. The van der Waals surface area contributed by atoms with Crippen molar-refractivity contribution < 1.29 is 9.59 Å². The maximum Gasteiger partial charge on any atom is 0.317 e. The zero-order valence-corrected chi connectivity index (χ0v) is 14.7. The molecule has 0 atom stereocenters. The smallest absolute Gasteiger partial charge is 0.317 e. The Balaban J connectivity index is 1.50. The molecule has 132 valence electrons. The van der Waals surface area contributed by atoms with Gasteiger partial charge >= 0.3 is 6.03 Å². The number of likely N-dealkylation sites (tertiary alicyclic amines) is 1. The molecule has 0 aromatic heterocycles. The number of nitrogens with zero attached hydrogens (tertiary/aromatic N) is 2. The Morgan fingerprint density at radius 1 is 1.08 bits per heavy atom. The number of carbonyl (C=O) groups excluding carboxylic acids is 2. The van der Waals surface area contributed by atoms with E-state index in [0.717, 1.165) is 32.4 Å². The van der Waals surface area contributed by atoms with E-state index in [1.54, 1.807) is 11.9 Å². The van der Waals surface area contributed by atoms with Crippen molar-refractivity contribution in [2.24, 2.45) is 0 Å². The minimum atomic E-state index is -0.201. The average molecular weight is 339 g/mol. The Morgan fingerprint density at radius 2 is 1.80 bits per heavy atom. The highest BCUT2D eigenvalue weighted by Crippen LogP contribution is 2.19. The van der Waals surface area contributed by atoms with E-state index < -0.39 is 0 Å². The largest absolute Gasteiger partial charge is 0.341 e. The first-order valence-electron chi connectivity index (χ1n) is 8.88. The average Bonchev–Trinajstić information content (AvgIpc) is 3.18. The fraction of sp³-hybridized carbons (Fsp3) is 0.400. The van der Waals surface area contributed by atoms with Crippen LogP contribution >= 0.6 is 0 Å². The first kappa shape index (κ1) is 17.3. The lowest BCUT2D eigenvalue weighted by atomic mass is 10.0. The standard InChI is InChI=1S/C20H25N3O2/c1-22(20(25)21-15-19(24)23-12-4-5-13-23)14-11-17-9-6-8-16-7-2-3-10-18(16)17/h2-3,6-10H,4-5,11-15H2,1H3,(H,21,25). The van der Waals surface area contributed by atoms with Crippen molar-refractivity contribution in [2.75, 3.05) is 33.2 Å². The predicted octanol–water partition coefficient (Wildman–Crippen LogP) is 2.65. The van der Waals surface area contributed by atoms with Gasteiger partial charge in [-0.3, -0.25) is 4.79 Å². The molecule has 5 heteroatoms. The molecule has 1 fully saturated rings. The first-order valence-corrected chi connectivity index (χ1v) is 8.88. The van der Waals surface area contributed by atoms with Crippen LogP contribution in [0.2, 0.25) is 0 Å². The predicted molar refractivity (Wildman–Crippen MR) is 99.5 cm³/mol. The minimum absolute atomic E-state index is 0.00769. The number of rotatable bonds is 5. The molecular formula is C20H25N3O2. The third kappa shape index (κ3) is 4.29. The number of fused-ring (bicyclic) bond motifs is 1. The molecule has 0 spiro atoms. The molecule has 5 nitrogen and oxygen atoms in total. The number of urea groups is 1. The summed E-state index contributed by atoms with van der Waals surface area (Å²) in [4.78, 5) is 27.6. The van der Waals surface area contributed by atoms with Crippen LogP contribution in [-0.2, 0) is 11.2 Å². The molecule has 1 N–H and O–H groups in total. The van der Waals surface area contributed by atoms with Gasteiger partial charge in [-0.25, -0.2) is 4.79 Å². The zero-order valence-electron chi connectivity index (χ0n) is 14.7. The van der Waals surface area contributed by atoms with E-state index in [1.165, 1.54) is 16.3 Å². The third-order valence-corrected chi connectivity index (χ3v) is 4.79. The molecule has 1 saturated heterocycles. The fourth-order valence-electron chi connectivity index (χ4n) is 3.26. The van der Waals surface area contributed by atoms with Gasteiger partial charge in [-0.2, -0.15) is 0 Å². The SMILES string of the molecule is CN(CCc1cccc2ccccc12)C(=O)NCC(=O)N1CCCC1. The lowest BCUT2D eigenvalue weighted by molar-refractivity contribution is -0.129. The van der Waals surface area contributed by atoms with E-state index in [4.69, 9.17) is 0 Å². The lowest BCUT2D eigenvalue weighted by Gasteiger charge is -2.20. The number of likely N-dealkylation sites (N-methyl/N-ethyl adjacent to an activating group) is 1. The van der Waals surface area contributed by atoms with Crippen LogP contribution in [0.5, 0.6) is 0 Å². The van der Waals surface area contributed by atoms with Gasteiger partial charge in [0.25, 0.3) is 0 Å². The van der Waals surface area contributed by atoms with Crippen molar-refractivity contribution >= 4 is 22.7 Å². The number of nitrogens with one attached hydrogen (secondary N) is 1. The van der Waals surface area contributed by atoms with Gasteiger partial charge in [0.15, 0.2) is 0 Å². The highest BCUT2D eigenvalue weighted by atomic mass is 16.2. The van der Waals surface area contributed by atoms with E-state index in [2.05, 4.69) is 29.6 Å². The number of carbonyl (C=O) groups is 2. The summed E-state index contributed by atoms with van der Waals surface area (Å²) in [6.07, 6.45) is 2.90. The summed E-state index contributed by atoms with van der Waals surface area (Å²) >= 11 is 0. The van der Waals surface area contributed by atoms with Crippen molar-refractivity contribution in [1.82, 2.24) is 15.1 Å². The monoisotopic (exact) mass is 339 g/mol. The molecule has 0 unspecified atom stereocenters. The van der Waals surface area contributed by atoms with Crippen LogP contribution in [0, 0.1) is 0 Å². The normalized spacial score (nSPS) is 13.9. The molecule has 1 heterocycles. The molecule has 1 aliphatic rings. The second-order valence-corrected chi connectivity index (χ2v) is 6.56. The fourth-order valence-corrected chi connectivity index (χ4v) is 3.26. The molecule has 3 amide bonds. The topological polar surface area (TPSA) is 52.7 Å². The Kier molecular flexibility index (Phi) is 5.53. The zero-order chi connectivity index (χ0) is 17.6. The summed E-state index contributed by atoms with van der Waals surface area (Å²) in [5.41, 5.74) is 1.23. The van der Waals surface area contributed by atoms with Gasteiger partial charge in [0.2, 0.25) is 5.91 Å². The van der Waals surface area contributed by atoms with Crippen LogP contribution in [0.1, 0.15) is 18.4 Å². The Hall–Kier alpha value is -2.56. The van der Waals surface area contributed by atoms with Gasteiger partial charge < -0.3 is 15.1 Å². The highest BCUT2D eigenvalue weighted by molar-refractivity contribution is 5.86. The van der Waals surface area contributed by atoms with Gasteiger partial charge in [-0.05, 0) is 35.6 Å². The number of hydrogen-bond acceptors (Lipinski definition) is 2. The summed E-state index contributed by atoms with van der Waals surface area (Å²) in [5.74, 6) is 0.00769. The summed E-state index contributed by atoms with van der Waals surface area (Å²) in [5, 5.41) is 5.16. The minimum Gasteiger partial charge on any atom is -0.341 e. The molecule has 3 rings (SSSR count). The van der Waals surface area contributed by atoms with E-state index in [0.29, 0.717) is 6.54 Å². The van der Waals surface area contributed by atoms with Gasteiger partial charge in [0, 0.05) is 26.7 Å². The van der Waals surface area contributed by atoms with E-state index in [-0.39, 0.29) is 18.5 Å². The number of amides is 3. The number of benzene rings is 2. The third-order valence-electron chi connectivity index (χ3n) is 4.79. The van der Waals surface area contributed by atoms with E-state index in [1.807, 2.05) is 23.1 Å². The molecule has 0 radical (unpaired) electrons. The quantitative estimate of drug-likeness (QED) is 0.910. The molecule has 0 bridgehead atoms. The van der Waals surface area contributed by atoms with E-state index >= 15 is 0 Å². The summed E-state index contributed by atoms with van der Waals surface area (Å²) in [6.45, 7) is 2.31. The van der Waals surface area contributed by atoms with Crippen LogP contribution in [0.3, 0.4) is 0 Å². The Labute approximate surface area is 148 Å². The maximum atomic E-state index is 12.2.